The summed E-state index contributed by atoms with van der Waals surface area (Å²) < 4.78 is 1.70. The molecule has 27 heavy (non-hydrogen) atoms. The van der Waals surface area contributed by atoms with Gasteiger partial charge in [-0.2, -0.15) is 5.10 Å². The third-order valence-corrected chi connectivity index (χ3v) is 5.61. The molecule has 1 atom stereocenters. The van der Waals surface area contributed by atoms with Crippen molar-refractivity contribution in [3.05, 3.63) is 65.1 Å². The Balaban J connectivity index is 1.44. The Morgan fingerprint density at radius 1 is 1.22 bits per heavy atom. The number of carbonyl (C=O) groups excluding carboxylic acids is 1. The average Bonchev–Trinajstić information content (AvgIpc) is 3.10. The molecule has 5 heteroatoms. The van der Waals surface area contributed by atoms with Gasteiger partial charge in [0.2, 0.25) is 0 Å². The number of aryl methyl sites for hydroxylation is 3. The molecule has 0 aliphatic carbocycles. The average molecular weight is 362 g/mol. The Hall–Kier alpha value is -2.69. The highest BCUT2D eigenvalue weighted by atomic mass is 16.2. The summed E-state index contributed by atoms with van der Waals surface area (Å²) in [6, 6.07) is 8.59. The highest BCUT2D eigenvalue weighted by molar-refractivity contribution is 5.99. The molecule has 1 fully saturated rings. The molecule has 0 unspecified atom stereocenters. The lowest BCUT2D eigenvalue weighted by Crippen LogP contribution is -2.40. The summed E-state index contributed by atoms with van der Waals surface area (Å²) in [7, 11) is 0. The van der Waals surface area contributed by atoms with E-state index in [2.05, 4.69) is 41.3 Å². The van der Waals surface area contributed by atoms with E-state index in [0.29, 0.717) is 17.1 Å². The molecule has 1 saturated heterocycles. The molecule has 3 aromatic rings. The van der Waals surface area contributed by atoms with Crippen LogP contribution in [0.1, 0.15) is 46.3 Å². The van der Waals surface area contributed by atoms with E-state index in [4.69, 9.17) is 0 Å². The van der Waals surface area contributed by atoms with Crippen LogP contribution in [0.3, 0.4) is 0 Å². The predicted octanol–water partition coefficient (Wildman–Crippen LogP) is 3.83. The number of hydrogen-bond donors (Lipinski definition) is 0. The van der Waals surface area contributed by atoms with E-state index in [-0.39, 0.29) is 5.91 Å². The van der Waals surface area contributed by atoms with E-state index in [1.54, 1.807) is 16.9 Å². The Bertz CT molecular complexity index is 962. The zero-order chi connectivity index (χ0) is 18.8. The second-order valence-electron chi connectivity index (χ2n) is 7.68. The van der Waals surface area contributed by atoms with Gasteiger partial charge in [-0.3, -0.25) is 4.79 Å². The lowest BCUT2D eigenvalue weighted by atomic mass is 9.90. The number of carbonyl (C=O) groups is 1. The molecular formula is C22H26N4O. The zero-order valence-electron chi connectivity index (χ0n) is 16.1. The van der Waals surface area contributed by atoms with Crippen molar-refractivity contribution in [2.24, 2.45) is 5.92 Å². The zero-order valence-corrected chi connectivity index (χ0v) is 16.1. The number of benzene rings is 1. The second kappa shape index (κ2) is 7.51. The van der Waals surface area contributed by atoms with E-state index in [9.17, 15) is 4.79 Å². The van der Waals surface area contributed by atoms with Gasteiger partial charge in [-0.25, -0.2) is 9.50 Å². The Morgan fingerprint density at radius 3 is 2.93 bits per heavy atom. The molecule has 3 heterocycles. The lowest BCUT2D eigenvalue weighted by Gasteiger charge is -2.32. The van der Waals surface area contributed by atoms with Crippen molar-refractivity contribution in [2.45, 2.75) is 39.5 Å². The summed E-state index contributed by atoms with van der Waals surface area (Å²) >= 11 is 0. The van der Waals surface area contributed by atoms with Gasteiger partial charge in [-0.15, -0.1) is 0 Å². The van der Waals surface area contributed by atoms with Crippen molar-refractivity contribution in [1.82, 2.24) is 19.5 Å². The van der Waals surface area contributed by atoms with E-state index in [0.717, 1.165) is 37.9 Å². The number of fused-ring (bicyclic) bond motifs is 1. The van der Waals surface area contributed by atoms with Gasteiger partial charge >= 0.3 is 0 Å². The first-order valence-corrected chi connectivity index (χ1v) is 9.75. The van der Waals surface area contributed by atoms with Gasteiger partial charge in [0.15, 0.2) is 5.65 Å². The van der Waals surface area contributed by atoms with E-state index in [1.165, 1.54) is 17.5 Å². The number of piperidine rings is 1. The van der Waals surface area contributed by atoms with Crippen LogP contribution in [0.2, 0.25) is 0 Å². The molecule has 0 N–H and O–H groups in total. The van der Waals surface area contributed by atoms with Gasteiger partial charge in [-0.1, -0.05) is 24.3 Å². The molecule has 1 aliphatic rings. The Morgan fingerprint density at radius 2 is 2.07 bits per heavy atom. The molecule has 5 nitrogen and oxygen atoms in total. The number of nitrogens with zero attached hydrogens (tertiary/aromatic N) is 4. The van der Waals surface area contributed by atoms with Crippen LogP contribution in [-0.2, 0) is 6.42 Å². The van der Waals surface area contributed by atoms with E-state index >= 15 is 0 Å². The molecule has 0 spiro atoms. The van der Waals surface area contributed by atoms with Crippen molar-refractivity contribution in [3.63, 3.8) is 0 Å². The standard InChI is InChI=1S/C22H26N4O/c1-16-12-23-21-20(13-24-26(21)14-16)22(27)25-11-5-7-18(15-25)9-10-19-8-4-3-6-17(19)2/h3-4,6,8,12-14,18H,5,7,9-11,15H2,1-2H3/t18-/m0/s1. The molecule has 4 rings (SSSR count). The van der Waals surface area contributed by atoms with Gasteiger partial charge in [-0.05, 0) is 62.1 Å². The monoisotopic (exact) mass is 362 g/mol. The fourth-order valence-corrected chi connectivity index (χ4v) is 4.02. The quantitative estimate of drug-likeness (QED) is 0.709. The maximum atomic E-state index is 13.1. The highest BCUT2D eigenvalue weighted by Gasteiger charge is 2.26. The molecule has 1 aromatic carbocycles. The van der Waals surface area contributed by atoms with Crippen molar-refractivity contribution >= 4 is 11.6 Å². The molecule has 140 valence electrons. The number of amides is 1. The third kappa shape index (κ3) is 3.72. The van der Waals surface area contributed by atoms with Crippen LogP contribution in [0.5, 0.6) is 0 Å². The van der Waals surface area contributed by atoms with E-state index in [1.807, 2.05) is 18.0 Å². The van der Waals surface area contributed by atoms with Gasteiger partial charge in [0.1, 0.15) is 5.56 Å². The fourth-order valence-electron chi connectivity index (χ4n) is 4.02. The third-order valence-electron chi connectivity index (χ3n) is 5.61. The first-order valence-electron chi connectivity index (χ1n) is 9.75. The lowest BCUT2D eigenvalue weighted by molar-refractivity contribution is 0.0670. The van der Waals surface area contributed by atoms with Crippen molar-refractivity contribution in [3.8, 4) is 0 Å². The first-order chi connectivity index (χ1) is 13.1. The fraction of sp³-hybridized carbons (Fsp3) is 0.409. The molecule has 0 saturated carbocycles. The van der Waals surface area contributed by atoms with E-state index < -0.39 is 0 Å². The number of rotatable bonds is 4. The normalized spacial score (nSPS) is 17.4. The molecule has 1 amide bonds. The highest BCUT2D eigenvalue weighted by Crippen LogP contribution is 2.24. The van der Waals surface area contributed by atoms with Crippen molar-refractivity contribution < 1.29 is 4.79 Å². The maximum Gasteiger partial charge on any atom is 0.259 e. The van der Waals surface area contributed by atoms with Crippen LogP contribution in [0, 0.1) is 19.8 Å². The maximum absolute atomic E-state index is 13.1. The minimum atomic E-state index is 0.0574. The summed E-state index contributed by atoms with van der Waals surface area (Å²) in [5.41, 5.74) is 5.05. The first kappa shape index (κ1) is 17.7. The molecule has 0 bridgehead atoms. The predicted molar refractivity (Wildman–Crippen MR) is 106 cm³/mol. The summed E-state index contributed by atoms with van der Waals surface area (Å²) in [6.45, 7) is 5.79. The minimum absolute atomic E-state index is 0.0574. The van der Waals surface area contributed by atoms with Gasteiger partial charge in [0.05, 0.1) is 6.20 Å². The minimum Gasteiger partial charge on any atom is -0.338 e. The molecular weight excluding hydrogens is 336 g/mol. The van der Waals surface area contributed by atoms with Gasteiger partial charge < -0.3 is 4.90 Å². The summed E-state index contributed by atoms with van der Waals surface area (Å²) in [5, 5.41) is 4.31. The van der Waals surface area contributed by atoms with Gasteiger partial charge in [0.25, 0.3) is 5.91 Å². The van der Waals surface area contributed by atoms with Crippen LogP contribution in [-0.4, -0.2) is 38.5 Å². The summed E-state index contributed by atoms with van der Waals surface area (Å²) in [4.78, 5) is 19.5. The number of hydrogen-bond acceptors (Lipinski definition) is 3. The van der Waals surface area contributed by atoms with Crippen LogP contribution in [0.25, 0.3) is 5.65 Å². The SMILES string of the molecule is Cc1cnc2c(C(=O)N3CCC[C@@H](CCc4ccccc4C)C3)cnn2c1. The topological polar surface area (TPSA) is 50.5 Å². The number of aromatic nitrogens is 3. The second-order valence-corrected chi connectivity index (χ2v) is 7.68. The van der Waals surface area contributed by atoms with Crippen LogP contribution in [0.4, 0.5) is 0 Å². The molecule has 0 radical (unpaired) electrons. The summed E-state index contributed by atoms with van der Waals surface area (Å²) in [5.74, 6) is 0.612. The summed E-state index contributed by atoms with van der Waals surface area (Å²) in [6.07, 6.45) is 9.81. The van der Waals surface area contributed by atoms with Crippen molar-refractivity contribution in [2.75, 3.05) is 13.1 Å². The molecule has 1 aliphatic heterocycles. The Kier molecular flexibility index (Phi) is 4.92. The Labute approximate surface area is 160 Å². The van der Waals surface area contributed by atoms with Crippen molar-refractivity contribution in [1.29, 1.82) is 0 Å². The van der Waals surface area contributed by atoms with Crippen LogP contribution in [0.15, 0.2) is 42.9 Å². The smallest absolute Gasteiger partial charge is 0.259 e. The largest absolute Gasteiger partial charge is 0.338 e. The van der Waals surface area contributed by atoms with Crippen LogP contribution >= 0.6 is 0 Å². The van der Waals surface area contributed by atoms with Crippen LogP contribution < -0.4 is 0 Å². The molecule has 2 aromatic heterocycles. The number of likely N-dealkylation sites (tertiary alicyclic amines) is 1. The van der Waals surface area contributed by atoms with Gasteiger partial charge in [0, 0.05) is 25.5 Å².